The van der Waals surface area contributed by atoms with Crippen LogP contribution in [0.4, 0.5) is 0 Å². The second kappa shape index (κ2) is 7.81. The van der Waals surface area contributed by atoms with Gasteiger partial charge in [-0.1, -0.05) is 30.3 Å². The highest BCUT2D eigenvalue weighted by molar-refractivity contribution is 6.39. The lowest BCUT2D eigenvalue weighted by molar-refractivity contribution is 0.105. The maximum absolute atomic E-state index is 12.9. The highest BCUT2D eigenvalue weighted by atomic mass is 16.5. The lowest BCUT2D eigenvalue weighted by Gasteiger charge is -2.27. The number of carbonyl (C=O) groups excluding carboxylic acids is 1. The van der Waals surface area contributed by atoms with Crippen LogP contribution in [0.1, 0.15) is 27.9 Å². The average molecular weight is 349 g/mol. The van der Waals surface area contributed by atoms with Crippen LogP contribution in [0.15, 0.2) is 48.8 Å². The van der Waals surface area contributed by atoms with E-state index in [1.54, 1.807) is 12.4 Å². The molecule has 5 heteroatoms. The number of rotatable bonds is 6. The van der Waals surface area contributed by atoms with Crippen molar-refractivity contribution in [3.63, 3.8) is 0 Å². The van der Waals surface area contributed by atoms with E-state index in [1.165, 1.54) is 0 Å². The number of nitrogens with zero attached hydrogens (tertiary/aromatic N) is 2. The molecule has 0 radical (unpaired) electrons. The van der Waals surface area contributed by atoms with Gasteiger partial charge in [-0.25, -0.2) is 0 Å². The van der Waals surface area contributed by atoms with Crippen molar-refractivity contribution in [2.45, 2.75) is 6.42 Å². The van der Waals surface area contributed by atoms with Crippen LogP contribution in [-0.2, 0) is 4.74 Å². The Morgan fingerprint density at radius 1 is 1.08 bits per heavy atom. The van der Waals surface area contributed by atoms with Gasteiger partial charge >= 0.3 is 0 Å². The number of hydrogen-bond donors (Lipinski definition) is 1. The Morgan fingerprint density at radius 3 is 2.65 bits per heavy atom. The van der Waals surface area contributed by atoms with Crippen molar-refractivity contribution in [2.75, 3.05) is 39.3 Å². The first kappa shape index (κ1) is 16.9. The van der Waals surface area contributed by atoms with Gasteiger partial charge < -0.3 is 15.0 Å². The maximum Gasteiger partial charge on any atom is 0.198 e. The molecule has 1 saturated heterocycles. The summed E-state index contributed by atoms with van der Waals surface area (Å²) in [7, 11) is 0. The Balaban J connectivity index is 1.51. The molecule has 2 aromatic rings. The monoisotopic (exact) mass is 349 g/mol. The van der Waals surface area contributed by atoms with Crippen LogP contribution in [0.3, 0.4) is 0 Å². The predicted molar refractivity (Wildman–Crippen MR) is 102 cm³/mol. The third kappa shape index (κ3) is 3.41. The molecular formula is C21H23N3O2. The fourth-order valence-electron chi connectivity index (χ4n) is 3.57. The van der Waals surface area contributed by atoms with Crippen molar-refractivity contribution in [3.8, 4) is 0 Å². The summed E-state index contributed by atoms with van der Waals surface area (Å²) in [6, 6.07) is 11.4. The molecular weight excluding hydrogens is 326 g/mol. The van der Waals surface area contributed by atoms with Crippen molar-refractivity contribution >= 4 is 17.1 Å². The van der Waals surface area contributed by atoms with E-state index in [9.17, 15) is 4.79 Å². The molecule has 1 N–H and O–H groups in total. The normalized spacial score (nSPS) is 17.5. The van der Waals surface area contributed by atoms with Crippen molar-refractivity contribution in [1.82, 2.24) is 15.2 Å². The van der Waals surface area contributed by atoms with Crippen LogP contribution in [0.25, 0.3) is 11.3 Å². The van der Waals surface area contributed by atoms with Gasteiger partial charge in [0.25, 0.3) is 0 Å². The lowest BCUT2D eigenvalue weighted by Crippen LogP contribution is -2.43. The highest BCUT2D eigenvalue weighted by Gasteiger charge is 2.31. The number of piperazine rings is 1. The molecule has 1 aliphatic heterocycles. The van der Waals surface area contributed by atoms with Crippen LogP contribution in [0.2, 0.25) is 0 Å². The number of benzene rings is 1. The Bertz CT molecular complexity index is 811. The van der Waals surface area contributed by atoms with E-state index in [0.29, 0.717) is 23.5 Å². The molecule has 0 unspecified atom stereocenters. The predicted octanol–water partition coefficient (Wildman–Crippen LogP) is 2.46. The second-order valence-electron chi connectivity index (χ2n) is 6.61. The Kier molecular flexibility index (Phi) is 5.09. The van der Waals surface area contributed by atoms with Crippen LogP contribution < -0.4 is 5.32 Å². The summed E-state index contributed by atoms with van der Waals surface area (Å²) in [5, 5.41) is 3.37. The van der Waals surface area contributed by atoms with E-state index in [1.807, 2.05) is 36.4 Å². The van der Waals surface area contributed by atoms with Gasteiger partial charge in [0.2, 0.25) is 0 Å². The highest BCUT2D eigenvalue weighted by Crippen LogP contribution is 2.38. The molecule has 0 atom stereocenters. The van der Waals surface area contributed by atoms with Gasteiger partial charge in [0.15, 0.2) is 5.78 Å². The van der Waals surface area contributed by atoms with Crippen molar-refractivity contribution in [2.24, 2.45) is 0 Å². The first-order valence-corrected chi connectivity index (χ1v) is 9.19. The van der Waals surface area contributed by atoms with E-state index >= 15 is 0 Å². The molecule has 1 aliphatic carbocycles. The summed E-state index contributed by atoms with van der Waals surface area (Å²) in [5.41, 5.74) is 3.04. The molecule has 134 valence electrons. The van der Waals surface area contributed by atoms with E-state index < -0.39 is 0 Å². The lowest BCUT2D eigenvalue weighted by atomic mass is 10.0. The number of carbonyl (C=O) groups is 1. The minimum absolute atomic E-state index is 0.0192. The van der Waals surface area contributed by atoms with Gasteiger partial charge in [-0.15, -0.1) is 0 Å². The third-order valence-corrected chi connectivity index (χ3v) is 4.90. The van der Waals surface area contributed by atoms with E-state index in [0.717, 1.165) is 50.3 Å². The first-order chi connectivity index (χ1) is 12.8. The Hall–Kier alpha value is -2.50. The summed E-state index contributed by atoms with van der Waals surface area (Å²) in [6.45, 7) is 5.91. The van der Waals surface area contributed by atoms with Crippen molar-refractivity contribution < 1.29 is 9.53 Å². The number of pyridine rings is 1. The van der Waals surface area contributed by atoms with Gasteiger partial charge in [0, 0.05) is 61.8 Å². The summed E-state index contributed by atoms with van der Waals surface area (Å²) in [5.74, 6) is 0.713. The van der Waals surface area contributed by atoms with E-state index in [4.69, 9.17) is 4.74 Å². The molecule has 2 aliphatic rings. The molecule has 5 nitrogen and oxygen atoms in total. The number of aromatic nitrogens is 1. The smallest absolute Gasteiger partial charge is 0.198 e. The topological polar surface area (TPSA) is 54.5 Å². The summed E-state index contributed by atoms with van der Waals surface area (Å²) >= 11 is 0. The number of Topliss-reactive ketones (excluding diaryl/α,β-unsaturated/α-hetero) is 1. The quantitative estimate of drug-likeness (QED) is 0.812. The summed E-state index contributed by atoms with van der Waals surface area (Å²) in [6.07, 6.45) is 4.38. The molecule has 0 saturated carbocycles. The van der Waals surface area contributed by atoms with Crippen LogP contribution in [0, 0.1) is 0 Å². The minimum atomic E-state index is 0.0192. The standard InChI is InChI=1S/C21H23N3O2/c25-20-17-6-1-2-7-18(17)21(19(20)16-5-3-8-23-15-16)26-14-4-11-24-12-9-22-10-13-24/h1-3,5-8,15,22H,4,9-14H2. The summed E-state index contributed by atoms with van der Waals surface area (Å²) in [4.78, 5) is 19.5. The number of fused-ring (bicyclic) bond motifs is 1. The number of allylic oxidation sites excluding steroid dienone is 1. The Morgan fingerprint density at radius 2 is 1.88 bits per heavy atom. The van der Waals surface area contributed by atoms with Gasteiger partial charge in [-0.2, -0.15) is 0 Å². The van der Waals surface area contributed by atoms with Crippen LogP contribution >= 0.6 is 0 Å². The van der Waals surface area contributed by atoms with E-state index in [-0.39, 0.29) is 5.78 Å². The van der Waals surface area contributed by atoms with E-state index in [2.05, 4.69) is 15.2 Å². The van der Waals surface area contributed by atoms with Gasteiger partial charge in [-0.3, -0.25) is 9.78 Å². The van der Waals surface area contributed by atoms with Gasteiger partial charge in [0.1, 0.15) is 5.76 Å². The second-order valence-corrected chi connectivity index (χ2v) is 6.61. The molecule has 0 spiro atoms. The minimum Gasteiger partial charge on any atom is -0.492 e. The zero-order valence-corrected chi connectivity index (χ0v) is 14.8. The molecule has 4 rings (SSSR count). The zero-order valence-electron chi connectivity index (χ0n) is 14.8. The summed E-state index contributed by atoms with van der Waals surface area (Å²) < 4.78 is 6.15. The average Bonchev–Trinajstić information content (AvgIpc) is 2.99. The van der Waals surface area contributed by atoms with Crippen LogP contribution in [0.5, 0.6) is 0 Å². The SMILES string of the molecule is O=C1C(c2cccnc2)=C(OCCCN2CCNCC2)c2ccccc21. The number of ether oxygens (including phenoxy) is 1. The molecule has 26 heavy (non-hydrogen) atoms. The fraction of sp³-hybridized carbons (Fsp3) is 0.333. The Labute approximate surface area is 153 Å². The molecule has 0 amide bonds. The van der Waals surface area contributed by atoms with Gasteiger partial charge in [-0.05, 0) is 12.5 Å². The molecule has 1 fully saturated rings. The largest absolute Gasteiger partial charge is 0.492 e. The zero-order chi connectivity index (χ0) is 17.8. The first-order valence-electron chi connectivity index (χ1n) is 9.19. The van der Waals surface area contributed by atoms with Crippen LogP contribution in [-0.4, -0.2) is 55.0 Å². The molecule has 1 aromatic heterocycles. The molecule has 0 bridgehead atoms. The molecule has 1 aromatic carbocycles. The molecule has 2 heterocycles. The number of nitrogens with one attached hydrogen (secondary N) is 1. The maximum atomic E-state index is 12.9. The van der Waals surface area contributed by atoms with Gasteiger partial charge in [0.05, 0.1) is 12.2 Å². The fourth-order valence-corrected chi connectivity index (χ4v) is 3.57. The number of ketones is 1. The van der Waals surface area contributed by atoms with Crippen molar-refractivity contribution in [1.29, 1.82) is 0 Å². The van der Waals surface area contributed by atoms with Crippen molar-refractivity contribution in [3.05, 3.63) is 65.5 Å². The number of hydrogen-bond acceptors (Lipinski definition) is 5. The third-order valence-electron chi connectivity index (χ3n) is 4.90.